The Bertz CT molecular complexity index is 70.9. The number of rotatable bonds is 6. The molecule has 0 nitrogen and oxygen atoms in total. The third kappa shape index (κ3) is 6.46. The van der Waals surface area contributed by atoms with Gasteiger partial charge >= 0.3 is 0 Å². The Labute approximate surface area is 73.0 Å². The van der Waals surface area contributed by atoms with Crippen LogP contribution in [0.2, 0.25) is 11.6 Å². The van der Waals surface area contributed by atoms with Crippen molar-refractivity contribution in [2.75, 3.05) is 0 Å². The SMILES string of the molecule is CCCC(C)[B]C(C)CCC. The third-order valence-corrected chi connectivity index (χ3v) is 2.15. The summed E-state index contributed by atoms with van der Waals surface area (Å²) in [5.41, 5.74) is 0. The lowest BCUT2D eigenvalue weighted by Crippen LogP contribution is -2.05. The van der Waals surface area contributed by atoms with Crippen molar-refractivity contribution in [1.82, 2.24) is 0 Å². The molecule has 11 heavy (non-hydrogen) atoms. The summed E-state index contributed by atoms with van der Waals surface area (Å²) in [6.07, 6.45) is 5.34. The average Bonchev–Trinajstić information content (AvgIpc) is 1.87. The van der Waals surface area contributed by atoms with E-state index in [9.17, 15) is 0 Å². The van der Waals surface area contributed by atoms with Crippen LogP contribution in [-0.2, 0) is 0 Å². The molecule has 1 radical (unpaired) electrons. The van der Waals surface area contributed by atoms with Crippen molar-refractivity contribution in [3.05, 3.63) is 0 Å². The van der Waals surface area contributed by atoms with Gasteiger partial charge in [-0.25, -0.2) is 0 Å². The van der Waals surface area contributed by atoms with Crippen LogP contribution >= 0.6 is 0 Å². The molecular weight excluding hydrogens is 131 g/mol. The lowest BCUT2D eigenvalue weighted by atomic mass is 9.54. The number of hydrogen-bond acceptors (Lipinski definition) is 0. The fourth-order valence-corrected chi connectivity index (χ4v) is 1.66. The van der Waals surface area contributed by atoms with Gasteiger partial charge in [0, 0.05) is 0 Å². The first-order valence-electron chi connectivity index (χ1n) is 5.05. The molecule has 0 heterocycles. The molecule has 0 saturated heterocycles. The van der Waals surface area contributed by atoms with Crippen LogP contribution in [0.25, 0.3) is 0 Å². The minimum absolute atomic E-state index is 0.821. The first-order valence-corrected chi connectivity index (χ1v) is 5.05. The largest absolute Gasteiger partial charge is 0.117 e. The molecule has 2 unspecified atom stereocenters. The molecule has 0 aromatic rings. The van der Waals surface area contributed by atoms with Gasteiger partial charge in [-0.05, 0) is 0 Å². The molecule has 0 bridgehead atoms. The molecule has 0 fully saturated rings. The fourth-order valence-electron chi connectivity index (χ4n) is 1.66. The summed E-state index contributed by atoms with van der Waals surface area (Å²) in [5, 5.41) is 0. The van der Waals surface area contributed by atoms with Crippen LogP contribution in [-0.4, -0.2) is 7.28 Å². The second kappa shape index (κ2) is 6.76. The Morgan fingerprint density at radius 3 is 1.55 bits per heavy atom. The van der Waals surface area contributed by atoms with E-state index < -0.39 is 0 Å². The van der Waals surface area contributed by atoms with E-state index in [1.54, 1.807) is 0 Å². The first-order chi connectivity index (χ1) is 5.20. The Kier molecular flexibility index (Phi) is 6.80. The van der Waals surface area contributed by atoms with E-state index in [2.05, 4.69) is 35.0 Å². The van der Waals surface area contributed by atoms with Crippen molar-refractivity contribution in [3.8, 4) is 0 Å². The molecule has 0 aliphatic heterocycles. The Balaban J connectivity index is 3.32. The van der Waals surface area contributed by atoms with Crippen molar-refractivity contribution < 1.29 is 0 Å². The molecule has 0 spiro atoms. The molecule has 1 heteroatoms. The van der Waals surface area contributed by atoms with Gasteiger partial charge in [0.25, 0.3) is 0 Å². The normalized spacial score (nSPS) is 16.0. The molecule has 0 aromatic heterocycles. The molecule has 2 atom stereocenters. The summed E-state index contributed by atoms with van der Waals surface area (Å²) in [6.45, 7) is 9.18. The summed E-state index contributed by atoms with van der Waals surface area (Å²) in [6, 6.07) is 0. The molecule has 0 saturated carbocycles. The minimum Gasteiger partial charge on any atom is -0.0714 e. The molecule has 0 rings (SSSR count). The summed E-state index contributed by atoms with van der Waals surface area (Å²) in [5.74, 6) is 1.64. The van der Waals surface area contributed by atoms with Crippen molar-refractivity contribution in [2.45, 2.75) is 65.0 Å². The van der Waals surface area contributed by atoms with E-state index >= 15 is 0 Å². The summed E-state index contributed by atoms with van der Waals surface area (Å²) < 4.78 is 0. The van der Waals surface area contributed by atoms with E-state index in [1.165, 1.54) is 25.7 Å². The molecule has 0 N–H and O–H groups in total. The highest BCUT2D eigenvalue weighted by molar-refractivity contribution is 6.39. The summed E-state index contributed by atoms with van der Waals surface area (Å²) >= 11 is 0. The maximum Gasteiger partial charge on any atom is 0.117 e. The second-order valence-corrected chi connectivity index (χ2v) is 3.72. The van der Waals surface area contributed by atoms with E-state index in [1.807, 2.05) is 0 Å². The highest BCUT2D eigenvalue weighted by Crippen LogP contribution is 2.20. The molecule has 65 valence electrons. The molecule has 0 aromatic carbocycles. The van der Waals surface area contributed by atoms with Gasteiger partial charge in [0.05, 0.1) is 0 Å². The maximum absolute atomic E-state index is 2.51. The van der Waals surface area contributed by atoms with Gasteiger partial charge in [0.1, 0.15) is 7.28 Å². The van der Waals surface area contributed by atoms with E-state index in [4.69, 9.17) is 0 Å². The number of hydrogen-bond donors (Lipinski definition) is 0. The van der Waals surface area contributed by atoms with Crippen molar-refractivity contribution in [1.29, 1.82) is 0 Å². The second-order valence-electron chi connectivity index (χ2n) is 3.72. The van der Waals surface area contributed by atoms with Gasteiger partial charge in [0.2, 0.25) is 0 Å². The topological polar surface area (TPSA) is 0 Å². The van der Waals surface area contributed by atoms with Crippen molar-refractivity contribution in [3.63, 3.8) is 0 Å². The Morgan fingerprint density at radius 1 is 0.909 bits per heavy atom. The molecular formula is C10H22B. The average molecular weight is 153 g/mol. The predicted molar refractivity (Wildman–Crippen MR) is 54.4 cm³/mol. The van der Waals surface area contributed by atoms with Crippen LogP contribution in [0.3, 0.4) is 0 Å². The van der Waals surface area contributed by atoms with Crippen LogP contribution in [0.5, 0.6) is 0 Å². The van der Waals surface area contributed by atoms with Gasteiger partial charge in [0.15, 0.2) is 0 Å². The smallest absolute Gasteiger partial charge is 0.0714 e. The quantitative estimate of drug-likeness (QED) is 0.507. The van der Waals surface area contributed by atoms with Gasteiger partial charge in [-0.3, -0.25) is 0 Å². The first kappa shape index (κ1) is 11.1. The van der Waals surface area contributed by atoms with Gasteiger partial charge in [-0.1, -0.05) is 65.0 Å². The Hall–Kier alpha value is 0.0649. The van der Waals surface area contributed by atoms with Gasteiger partial charge in [-0.15, -0.1) is 0 Å². The third-order valence-electron chi connectivity index (χ3n) is 2.15. The van der Waals surface area contributed by atoms with E-state index in [0.717, 1.165) is 11.6 Å². The van der Waals surface area contributed by atoms with Crippen LogP contribution in [0.15, 0.2) is 0 Å². The molecule has 0 aliphatic rings. The van der Waals surface area contributed by atoms with Crippen molar-refractivity contribution >= 4 is 7.28 Å². The van der Waals surface area contributed by atoms with E-state index in [0.29, 0.717) is 0 Å². The zero-order valence-corrected chi connectivity index (χ0v) is 8.56. The molecule has 0 amide bonds. The van der Waals surface area contributed by atoms with Crippen LogP contribution in [0.4, 0.5) is 0 Å². The zero-order valence-electron chi connectivity index (χ0n) is 8.56. The van der Waals surface area contributed by atoms with Crippen LogP contribution < -0.4 is 0 Å². The standard InChI is InChI=1S/C10H22B/c1-5-7-9(3)11-10(4)8-6-2/h9-10H,5-8H2,1-4H3. The van der Waals surface area contributed by atoms with Crippen LogP contribution in [0, 0.1) is 0 Å². The lowest BCUT2D eigenvalue weighted by Gasteiger charge is -2.13. The highest BCUT2D eigenvalue weighted by Gasteiger charge is 2.08. The van der Waals surface area contributed by atoms with Gasteiger partial charge < -0.3 is 0 Å². The van der Waals surface area contributed by atoms with E-state index in [-0.39, 0.29) is 0 Å². The van der Waals surface area contributed by atoms with Crippen molar-refractivity contribution in [2.24, 2.45) is 0 Å². The maximum atomic E-state index is 2.51. The predicted octanol–water partition coefficient (Wildman–Crippen LogP) is 3.91. The highest BCUT2D eigenvalue weighted by atomic mass is 14.0. The summed E-state index contributed by atoms with van der Waals surface area (Å²) in [7, 11) is 2.51. The Morgan fingerprint density at radius 2 is 1.27 bits per heavy atom. The zero-order chi connectivity index (χ0) is 8.69. The monoisotopic (exact) mass is 153 g/mol. The molecule has 0 aliphatic carbocycles. The minimum atomic E-state index is 0.821. The lowest BCUT2D eigenvalue weighted by molar-refractivity contribution is 0.715. The van der Waals surface area contributed by atoms with Crippen LogP contribution in [0.1, 0.15) is 53.4 Å². The summed E-state index contributed by atoms with van der Waals surface area (Å²) in [4.78, 5) is 0. The fraction of sp³-hybridized carbons (Fsp3) is 1.00. The van der Waals surface area contributed by atoms with Gasteiger partial charge in [-0.2, -0.15) is 0 Å².